The Morgan fingerprint density at radius 3 is 3.00 bits per heavy atom. The van der Waals surface area contributed by atoms with Crippen LogP contribution < -0.4 is 5.32 Å². The summed E-state index contributed by atoms with van der Waals surface area (Å²) in [6.45, 7) is 3.53. The molecule has 0 unspecified atom stereocenters. The van der Waals surface area contributed by atoms with Gasteiger partial charge in [-0.05, 0) is 31.4 Å². The summed E-state index contributed by atoms with van der Waals surface area (Å²) in [7, 11) is 0. The van der Waals surface area contributed by atoms with Gasteiger partial charge in [0.05, 0.1) is 23.7 Å². The summed E-state index contributed by atoms with van der Waals surface area (Å²) in [5.74, 6) is -0.310. The van der Waals surface area contributed by atoms with Gasteiger partial charge in [0, 0.05) is 24.7 Å². The van der Waals surface area contributed by atoms with Crippen LogP contribution in [0.2, 0.25) is 0 Å². The number of nitrogens with zero attached hydrogens (tertiary/aromatic N) is 2. The predicted molar refractivity (Wildman–Crippen MR) is 101 cm³/mol. The Balaban J connectivity index is 1.63. The topological polar surface area (TPSA) is 71.5 Å². The minimum absolute atomic E-state index is 0.0748. The van der Waals surface area contributed by atoms with E-state index in [0.29, 0.717) is 25.4 Å². The molecule has 2 amide bonds. The number of anilines is 1. The van der Waals surface area contributed by atoms with E-state index in [1.165, 1.54) is 0 Å². The summed E-state index contributed by atoms with van der Waals surface area (Å²) in [5, 5.41) is 3.97. The average molecular weight is 355 g/mol. The number of para-hydroxylation sites is 1. The number of likely N-dealkylation sites (tertiary alicyclic amines) is 1. The number of piperidine rings is 1. The first-order chi connectivity index (χ1) is 12.7. The standard InChI is InChI=1S/C20H25N3O3/c1-2-3-13-26-20(25)23-12-6-9-16(14-23)19(24)22-17-10-4-7-15-8-5-11-21-18(15)17/h4-5,7-8,10-11,16H,2-3,6,9,12-14H2,1H3,(H,22,24)/t16-/m1/s1. The number of nitrogens with one attached hydrogen (secondary N) is 1. The van der Waals surface area contributed by atoms with Gasteiger partial charge in [-0.15, -0.1) is 0 Å². The van der Waals surface area contributed by atoms with Crippen molar-refractivity contribution >= 4 is 28.6 Å². The Hall–Kier alpha value is -2.63. The number of aromatic nitrogens is 1. The number of unbranched alkanes of at least 4 members (excludes halogenated alkanes) is 1. The fourth-order valence-electron chi connectivity index (χ4n) is 3.19. The molecule has 1 aromatic carbocycles. The maximum Gasteiger partial charge on any atom is 0.409 e. The fourth-order valence-corrected chi connectivity index (χ4v) is 3.19. The summed E-state index contributed by atoms with van der Waals surface area (Å²) in [4.78, 5) is 30.9. The van der Waals surface area contributed by atoms with Crippen molar-refractivity contribution in [2.24, 2.45) is 5.92 Å². The molecular weight excluding hydrogens is 330 g/mol. The quantitative estimate of drug-likeness (QED) is 0.828. The number of carbonyl (C=O) groups excluding carboxylic acids is 2. The van der Waals surface area contributed by atoms with Crippen LogP contribution >= 0.6 is 0 Å². The van der Waals surface area contributed by atoms with Gasteiger partial charge in [0.1, 0.15) is 0 Å². The number of pyridine rings is 1. The maximum atomic E-state index is 12.7. The highest BCUT2D eigenvalue weighted by atomic mass is 16.6. The largest absolute Gasteiger partial charge is 0.449 e. The number of ether oxygens (including phenoxy) is 1. The van der Waals surface area contributed by atoms with Gasteiger partial charge in [-0.25, -0.2) is 4.79 Å². The van der Waals surface area contributed by atoms with Gasteiger partial charge in [0.2, 0.25) is 5.91 Å². The fraction of sp³-hybridized carbons (Fsp3) is 0.450. The van der Waals surface area contributed by atoms with Crippen molar-refractivity contribution in [1.82, 2.24) is 9.88 Å². The van der Waals surface area contributed by atoms with Crippen LogP contribution in [0.4, 0.5) is 10.5 Å². The number of benzene rings is 1. The van der Waals surface area contributed by atoms with Crippen molar-refractivity contribution in [2.75, 3.05) is 25.0 Å². The van der Waals surface area contributed by atoms with E-state index in [1.807, 2.05) is 30.3 Å². The summed E-state index contributed by atoms with van der Waals surface area (Å²) < 4.78 is 5.27. The number of hydrogen-bond donors (Lipinski definition) is 1. The monoisotopic (exact) mass is 355 g/mol. The van der Waals surface area contributed by atoms with Gasteiger partial charge in [-0.1, -0.05) is 31.5 Å². The third-order valence-corrected chi connectivity index (χ3v) is 4.66. The Kier molecular flexibility index (Phi) is 6.04. The van der Waals surface area contributed by atoms with E-state index in [9.17, 15) is 9.59 Å². The third kappa shape index (κ3) is 4.31. The van der Waals surface area contributed by atoms with Gasteiger partial charge in [0.25, 0.3) is 0 Å². The lowest BCUT2D eigenvalue weighted by Gasteiger charge is -2.31. The van der Waals surface area contributed by atoms with Crippen LogP contribution in [-0.2, 0) is 9.53 Å². The molecule has 0 spiro atoms. The molecule has 2 aromatic rings. The lowest BCUT2D eigenvalue weighted by atomic mass is 9.97. The zero-order valence-electron chi connectivity index (χ0n) is 15.1. The van der Waals surface area contributed by atoms with Crippen LogP contribution in [0.1, 0.15) is 32.6 Å². The number of amides is 2. The van der Waals surface area contributed by atoms with Gasteiger partial charge < -0.3 is 15.0 Å². The Bertz CT molecular complexity index is 772. The highest BCUT2D eigenvalue weighted by Gasteiger charge is 2.29. The van der Waals surface area contributed by atoms with Crippen LogP contribution in [0.15, 0.2) is 36.5 Å². The zero-order chi connectivity index (χ0) is 18.4. The summed E-state index contributed by atoms with van der Waals surface area (Å²) in [5.41, 5.74) is 1.48. The Labute approximate surface area is 153 Å². The normalized spacial score (nSPS) is 17.1. The molecule has 1 aliphatic heterocycles. The van der Waals surface area contributed by atoms with Gasteiger partial charge in [-0.2, -0.15) is 0 Å². The van der Waals surface area contributed by atoms with Crippen LogP contribution in [0, 0.1) is 5.92 Å². The molecular formula is C20H25N3O3. The van der Waals surface area contributed by atoms with Crippen molar-refractivity contribution in [3.63, 3.8) is 0 Å². The summed E-state index contributed by atoms with van der Waals surface area (Å²) in [6, 6.07) is 9.56. The molecule has 0 aliphatic carbocycles. The smallest absolute Gasteiger partial charge is 0.409 e. The number of rotatable bonds is 5. The SMILES string of the molecule is CCCCOC(=O)N1CCC[C@@H](C(=O)Nc2cccc3cccnc23)C1. The second-order valence-corrected chi connectivity index (χ2v) is 6.62. The van der Waals surface area contributed by atoms with Crippen molar-refractivity contribution in [1.29, 1.82) is 0 Å². The minimum atomic E-state index is -0.317. The molecule has 0 bridgehead atoms. The molecule has 138 valence electrons. The maximum absolute atomic E-state index is 12.7. The molecule has 1 N–H and O–H groups in total. The third-order valence-electron chi connectivity index (χ3n) is 4.66. The van der Waals surface area contributed by atoms with Gasteiger partial charge in [-0.3, -0.25) is 9.78 Å². The summed E-state index contributed by atoms with van der Waals surface area (Å²) >= 11 is 0. The minimum Gasteiger partial charge on any atom is -0.449 e. The molecule has 1 aliphatic rings. The molecule has 26 heavy (non-hydrogen) atoms. The highest BCUT2D eigenvalue weighted by molar-refractivity contribution is 6.01. The zero-order valence-corrected chi connectivity index (χ0v) is 15.1. The number of fused-ring (bicyclic) bond motifs is 1. The first kappa shape index (κ1) is 18.2. The van der Waals surface area contributed by atoms with Crippen LogP contribution in [0.5, 0.6) is 0 Å². The van der Waals surface area contributed by atoms with Crippen LogP contribution in [0.25, 0.3) is 10.9 Å². The Morgan fingerprint density at radius 1 is 1.31 bits per heavy atom. The predicted octanol–water partition coefficient (Wildman–Crippen LogP) is 3.82. The molecule has 1 fully saturated rings. The molecule has 6 heteroatoms. The van der Waals surface area contributed by atoms with E-state index in [2.05, 4.69) is 17.2 Å². The van der Waals surface area contributed by atoms with Crippen molar-refractivity contribution in [3.05, 3.63) is 36.5 Å². The highest BCUT2D eigenvalue weighted by Crippen LogP contribution is 2.23. The molecule has 0 saturated carbocycles. The van der Waals surface area contributed by atoms with Gasteiger partial charge >= 0.3 is 6.09 Å². The van der Waals surface area contributed by atoms with E-state index in [-0.39, 0.29) is 17.9 Å². The first-order valence-electron chi connectivity index (χ1n) is 9.25. The van der Waals surface area contributed by atoms with E-state index in [0.717, 1.165) is 36.6 Å². The first-order valence-corrected chi connectivity index (χ1v) is 9.25. The summed E-state index contributed by atoms with van der Waals surface area (Å²) in [6.07, 6.45) is 4.81. The molecule has 1 saturated heterocycles. The Morgan fingerprint density at radius 2 is 2.15 bits per heavy atom. The van der Waals surface area contributed by atoms with Crippen LogP contribution in [-0.4, -0.2) is 41.6 Å². The molecule has 1 atom stereocenters. The van der Waals surface area contributed by atoms with Crippen molar-refractivity contribution in [3.8, 4) is 0 Å². The van der Waals surface area contributed by atoms with Crippen molar-refractivity contribution in [2.45, 2.75) is 32.6 Å². The second kappa shape index (κ2) is 8.65. The lowest BCUT2D eigenvalue weighted by Crippen LogP contribution is -2.44. The van der Waals surface area contributed by atoms with E-state index in [1.54, 1.807) is 11.1 Å². The number of carbonyl (C=O) groups is 2. The molecule has 2 heterocycles. The molecule has 6 nitrogen and oxygen atoms in total. The van der Waals surface area contributed by atoms with E-state index >= 15 is 0 Å². The molecule has 1 aromatic heterocycles. The lowest BCUT2D eigenvalue weighted by molar-refractivity contribution is -0.121. The van der Waals surface area contributed by atoms with E-state index in [4.69, 9.17) is 4.74 Å². The number of hydrogen-bond acceptors (Lipinski definition) is 4. The van der Waals surface area contributed by atoms with E-state index < -0.39 is 0 Å². The average Bonchev–Trinajstić information content (AvgIpc) is 2.68. The molecule has 0 radical (unpaired) electrons. The van der Waals surface area contributed by atoms with Gasteiger partial charge in [0.15, 0.2) is 0 Å². The van der Waals surface area contributed by atoms with Crippen LogP contribution in [0.3, 0.4) is 0 Å². The second-order valence-electron chi connectivity index (χ2n) is 6.62. The molecule has 3 rings (SSSR count). The van der Waals surface area contributed by atoms with Crippen molar-refractivity contribution < 1.29 is 14.3 Å².